The topological polar surface area (TPSA) is 57.5 Å². The van der Waals surface area contributed by atoms with Crippen LogP contribution in [0.25, 0.3) is 0 Å². The van der Waals surface area contributed by atoms with E-state index in [-0.39, 0.29) is 6.92 Å². The first-order valence-corrected chi connectivity index (χ1v) is 3.93. The molecule has 0 aliphatic rings. The number of carbonyl (C=O) groups is 1. The van der Waals surface area contributed by atoms with Gasteiger partial charge in [-0.05, 0) is 6.92 Å². The summed E-state index contributed by atoms with van der Waals surface area (Å²) in [6.45, 7) is -0.00220. The quantitative estimate of drug-likeness (QED) is 0.773. The average molecular weight is 272 g/mol. The van der Waals surface area contributed by atoms with Crippen molar-refractivity contribution in [3.05, 3.63) is 0 Å². The number of aliphatic hydroxyl groups is 1. The summed E-state index contributed by atoms with van der Waals surface area (Å²) >= 11 is 0. The molecule has 3 nitrogen and oxygen atoms in total. The summed E-state index contributed by atoms with van der Waals surface area (Å²) in [6.07, 6.45) is -15.2. The zero-order chi connectivity index (χ0) is 14.3. The van der Waals surface area contributed by atoms with Gasteiger partial charge in [-0.25, -0.2) is 9.18 Å². The van der Waals surface area contributed by atoms with E-state index < -0.39 is 36.0 Å². The van der Waals surface area contributed by atoms with E-state index in [1.807, 2.05) is 0 Å². The van der Waals surface area contributed by atoms with Gasteiger partial charge >= 0.3 is 18.3 Å². The summed E-state index contributed by atoms with van der Waals surface area (Å²) in [7, 11) is 0. The molecular weight excluding hydrogens is 265 g/mol. The monoisotopic (exact) mass is 272 g/mol. The van der Waals surface area contributed by atoms with Crippen molar-refractivity contribution in [2.24, 2.45) is 0 Å². The van der Waals surface area contributed by atoms with Crippen molar-refractivity contribution in [2.75, 3.05) is 0 Å². The lowest BCUT2D eigenvalue weighted by molar-refractivity contribution is -0.374. The van der Waals surface area contributed by atoms with Crippen LogP contribution in [0.4, 0.5) is 30.7 Å². The normalized spacial score (nSPS) is 17.7. The zero-order valence-electron chi connectivity index (χ0n) is 8.16. The Morgan fingerprint density at radius 1 is 1.00 bits per heavy atom. The maximum absolute atomic E-state index is 13.0. The number of halogens is 7. The van der Waals surface area contributed by atoms with Gasteiger partial charge in [0.05, 0.1) is 0 Å². The van der Waals surface area contributed by atoms with Gasteiger partial charge in [0.1, 0.15) is 0 Å². The second-order valence-corrected chi connectivity index (χ2v) is 3.54. The molecule has 0 heterocycles. The van der Waals surface area contributed by atoms with Gasteiger partial charge in [-0.15, -0.1) is 0 Å². The van der Waals surface area contributed by atoms with Crippen molar-refractivity contribution >= 4 is 5.97 Å². The van der Waals surface area contributed by atoms with Crippen LogP contribution in [0.1, 0.15) is 13.3 Å². The molecule has 102 valence electrons. The molecule has 0 saturated heterocycles. The molecule has 0 bridgehead atoms. The van der Waals surface area contributed by atoms with Crippen LogP contribution in [-0.2, 0) is 4.79 Å². The summed E-state index contributed by atoms with van der Waals surface area (Å²) in [5, 5.41) is 16.6. The number of rotatable bonds is 3. The molecule has 0 spiro atoms. The Morgan fingerprint density at radius 2 is 1.29 bits per heavy atom. The van der Waals surface area contributed by atoms with Crippen LogP contribution in [0.15, 0.2) is 0 Å². The molecule has 0 amide bonds. The Kier molecular flexibility index (Phi) is 3.75. The lowest BCUT2D eigenvalue weighted by Gasteiger charge is -2.34. The van der Waals surface area contributed by atoms with Gasteiger partial charge in [0.2, 0.25) is 5.67 Å². The van der Waals surface area contributed by atoms with Gasteiger partial charge in [-0.2, -0.15) is 26.3 Å². The van der Waals surface area contributed by atoms with E-state index in [1.165, 1.54) is 0 Å². The average Bonchev–Trinajstić information content (AvgIpc) is 1.98. The molecule has 0 rings (SSSR count). The number of carboxylic acid groups (broad SMARTS) is 1. The van der Waals surface area contributed by atoms with Crippen LogP contribution < -0.4 is 0 Å². The molecule has 17 heavy (non-hydrogen) atoms. The minimum absolute atomic E-state index is 0.00220. The molecule has 0 aromatic rings. The molecule has 10 heteroatoms. The highest BCUT2D eigenvalue weighted by Crippen LogP contribution is 2.47. The predicted octanol–water partition coefficient (Wildman–Crippen LogP) is 2.04. The number of carboxylic acids is 1. The molecule has 0 fully saturated rings. The lowest BCUT2D eigenvalue weighted by atomic mass is 9.88. The number of alkyl halides is 7. The second-order valence-electron chi connectivity index (χ2n) is 3.54. The molecule has 0 aliphatic carbocycles. The summed E-state index contributed by atoms with van der Waals surface area (Å²) in [5.74, 6) is -2.54. The fourth-order valence-electron chi connectivity index (χ4n) is 0.917. The SMILES string of the molecule is CC(F)(CC(O)(C(F)(F)F)C(F)(F)F)C(=O)O. The fraction of sp³-hybridized carbons (Fsp3) is 0.857. The molecule has 2 N–H and O–H groups in total. The molecule has 0 aromatic carbocycles. The van der Waals surface area contributed by atoms with Crippen molar-refractivity contribution in [3.8, 4) is 0 Å². The fourth-order valence-corrected chi connectivity index (χ4v) is 0.917. The van der Waals surface area contributed by atoms with Crippen molar-refractivity contribution in [3.63, 3.8) is 0 Å². The van der Waals surface area contributed by atoms with Crippen molar-refractivity contribution in [1.29, 1.82) is 0 Å². The molecule has 0 aliphatic heterocycles. The van der Waals surface area contributed by atoms with Crippen LogP contribution >= 0.6 is 0 Å². The highest BCUT2D eigenvalue weighted by Gasteiger charge is 2.72. The number of aliphatic carboxylic acids is 1. The first-order chi connectivity index (χ1) is 7.15. The third kappa shape index (κ3) is 2.99. The summed E-state index contributed by atoms with van der Waals surface area (Å²) in [5.41, 5.74) is -9.29. The van der Waals surface area contributed by atoms with Crippen LogP contribution in [0.2, 0.25) is 0 Å². The lowest BCUT2D eigenvalue weighted by Crippen LogP contribution is -2.60. The summed E-state index contributed by atoms with van der Waals surface area (Å²) in [6, 6.07) is 0. The molecular formula is C7H7F7O3. The van der Waals surface area contributed by atoms with E-state index in [1.54, 1.807) is 0 Å². The largest absolute Gasteiger partial charge is 0.479 e. The van der Waals surface area contributed by atoms with Gasteiger partial charge in [0.25, 0.3) is 5.60 Å². The van der Waals surface area contributed by atoms with Gasteiger partial charge in [0.15, 0.2) is 0 Å². The van der Waals surface area contributed by atoms with E-state index in [2.05, 4.69) is 0 Å². The number of hydrogen-bond donors (Lipinski definition) is 2. The Hall–Kier alpha value is -1.06. The molecule has 1 unspecified atom stereocenters. The molecule has 0 radical (unpaired) electrons. The summed E-state index contributed by atoms with van der Waals surface area (Å²) in [4.78, 5) is 10.1. The van der Waals surface area contributed by atoms with Crippen LogP contribution in [-0.4, -0.2) is 39.8 Å². The number of hydrogen-bond acceptors (Lipinski definition) is 2. The van der Waals surface area contributed by atoms with Crippen molar-refractivity contribution < 1.29 is 45.7 Å². The van der Waals surface area contributed by atoms with Crippen LogP contribution in [0.5, 0.6) is 0 Å². The van der Waals surface area contributed by atoms with E-state index in [4.69, 9.17) is 10.2 Å². The van der Waals surface area contributed by atoms with E-state index in [0.29, 0.717) is 0 Å². The summed E-state index contributed by atoms with van der Waals surface area (Å²) < 4.78 is 85.4. The van der Waals surface area contributed by atoms with Gasteiger partial charge in [-0.3, -0.25) is 0 Å². The van der Waals surface area contributed by atoms with Crippen LogP contribution in [0, 0.1) is 0 Å². The first-order valence-electron chi connectivity index (χ1n) is 3.93. The second kappa shape index (κ2) is 4.00. The maximum Gasteiger partial charge on any atom is 0.426 e. The minimum Gasteiger partial charge on any atom is -0.479 e. The van der Waals surface area contributed by atoms with E-state index in [9.17, 15) is 35.5 Å². The molecule has 0 saturated carbocycles. The maximum atomic E-state index is 13.0. The zero-order valence-corrected chi connectivity index (χ0v) is 8.16. The van der Waals surface area contributed by atoms with E-state index in [0.717, 1.165) is 0 Å². The van der Waals surface area contributed by atoms with Crippen molar-refractivity contribution in [2.45, 2.75) is 37.0 Å². The molecule has 1 atom stereocenters. The Morgan fingerprint density at radius 3 is 1.47 bits per heavy atom. The Labute approximate surface area is 89.8 Å². The van der Waals surface area contributed by atoms with Gasteiger partial charge < -0.3 is 10.2 Å². The smallest absolute Gasteiger partial charge is 0.426 e. The minimum atomic E-state index is -6.24. The highest BCUT2D eigenvalue weighted by molar-refractivity contribution is 5.76. The highest BCUT2D eigenvalue weighted by atomic mass is 19.4. The van der Waals surface area contributed by atoms with Crippen molar-refractivity contribution in [1.82, 2.24) is 0 Å². The Balaban J connectivity index is 5.49. The predicted molar refractivity (Wildman–Crippen MR) is 38.8 cm³/mol. The third-order valence-electron chi connectivity index (χ3n) is 1.97. The first kappa shape index (κ1) is 15.9. The molecule has 0 aromatic heterocycles. The van der Waals surface area contributed by atoms with Gasteiger partial charge in [0, 0.05) is 6.42 Å². The standard InChI is InChI=1S/C7H7F7O3/c1-4(8,3(15)16)2-5(17,6(9,10)11)7(12,13)14/h17H,2H2,1H3,(H,15,16). The van der Waals surface area contributed by atoms with E-state index >= 15 is 0 Å². The third-order valence-corrected chi connectivity index (χ3v) is 1.97. The Bertz CT molecular complexity index is 290. The van der Waals surface area contributed by atoms with Gasteiger partial charge in [-0.1, -0.05) is 0 Å². The van der Waals surface area contributed by atoms with Crippen LogP contribution in [0.3, 0.4) is 0 Å².